The van der Waals surface area contributed by atoms with E-state index in [0.717, 1.165) is 19.3 Å². The molecule has 0 radical (unpaired) electrons. The number of amides is 1. The fourth-order valence-electron chi connectivity index (χ4n) is 2.95. The summed E-state index contributed by atoms with van der Waals surface area (Å²) in [5, 5.41) is 2.17. The maximum atomic E-state index is 11.8. The predicted molar refractivity (Wildman–Crippen MR) is 137 cm³/mol. The minimum absolute atomic E-state index is 0.0347. The van der Waals surface area contributed by atoms with Gasteiger partial charge in [-0.25, -0.2) is 8.42 Å². The largest absolute Gasteiger partial charge is 0.379 e. The molecule has 0 aromatic heterocycles. The Hall–Kier alpha value is -1.07. The maximum absolute atomic E-state index is 11.8. The van der Waals surface area contributed by atoms with Crippen LogP contribution in [-0.2, 0) is 38.4 Å². The highest BCUT2D eigenvalue weighted by atomic mass is 32.2. The summed E-state index contributed by atoms with van der Waals surface area (Å²) in [6, 6.07) is 0. The van der Waals surface area contributed by atoms with Gasteiger partial charge in [-0.2, -0.15) is 0 Å². The van der Waals surface area contributed by atoms with Crippen molar-refractivity contribution in [3.63, 3.8) is 0 Å². The van der Waals surface area contributed by atoms with Crippen LogP contribution in [0.3, 0.4) is 0 Å². The van der Waals surface area contributed by atoms with Crippen LogP contribution in [0.2, 0.25) is 0 Å². The molecule has 0 aliphatic heterocycles. The molecule has 10 heteroatoms. The molecule has 0 saturated heterocycles. The Bertz CT molecular complexity index is 637. The van der Waals surface area contributed by atoms with Crippen LogP contribution in [0.15, 0.2) is 0 Å². The SMILES string of the molecule is CC(C)CCCCC(=O)CCCOCCOCCOCCOCCNC(=O)CCS(=O)(=O)C(C)C. The average molecular weight is 524 g/mol. The van der Waals surface area contributed by atoms with Crippen molar-refractivity contribution in [2.75, 3.05) is 65.2 Å². The molecule has 0 rings (SSSR count). The lowest BCUT2D eigenvalue weighted by molar-refractivity contribution is -0.121. The first kappa shape index (κ1) is 33.9. The quantitative estimate of drug-likeness (QED) is 0.182. The molecule has 0 spiro atoms. The van der Waals surface area contributed by atoms with Crippen molar-refractivity contribution in [2.24, 2.45) is 5.92 Å². The second-order valence-electron chi connectivity index (χ2n) is 9.25. The standard InChI is InChI=1S/C25H49NO8S/c1-22(2)8-5-6-9-24(27)10-7-13-31-15-17-33-19-20-34-18-16-32-14-12-26-25(28)11-21-35(29,30)23(3)4/h22-23H,5-21H2,1-4H3,(H,26,28). The van der Waals surface area contributed by atoms with Crippen molar-refractivity contribution in [2.45, 2.75) is 77.9 Å². The van der Waals surface area contributed by atoms with E-state index in [0.29, 0.717) is 83.9 Å². The number of hydrogen-bond donors (Lipinski definition) is 1. The van der Waals surface area contributed by atoms with Gasteiger partial charge in [0, 0.05) is 32.4 Å². The Morgan fingerprint density at radius 3 is 1.74 bits per heavy atom. The first-order valence-corrected chi connectivity index (χ1v) is 14.7. The summed E-state index contributed by atoms with van der Waals surface area (Å²) in [5.41, 5.74) is 0. The summed E-state index contributed by atoms with van der Waals surface area (Å²) in [7, 11) is -3.20. The van der Waals surface area contributed by atoms with Gasteiger partial charge in [-0.1, -0.05) is 26.7 Å². The van der Waals surface area contributed by atoms with Gasteiger partial charge in [0.25, 0.3) is 0 Å². The molecule has 35 heavy (non-hydrogen) atoms. The van der Waals surface area contributed by atoms with Crippen LogP contribution < -0.4 is 5.32 Å². The number of hydrogen-bond acceptors (Lipinski definition) is 8. The molecule has 1 N–H and O–H groups in total. The lowest BCUT2D eigenvalue weighted by Gasteiger charge is -2.09. The first-order valence-electron chi connectivity index (χ1n) is 13.0. The van der Waals surface area contributed by atoms with Gasteiger partial charge in [0.15, 0.2) is 9.84 Å². The van der Waals surface area contributed by atoms with Gasteiger partial charge in [-0.3, -0.25) is 9.59 Å². The van der Waals surface area contributed by atoms with Crippen LogP contribution >= 0.6 is 0 Å². The van der Waals surface area contributed by atoms with Crippen molar-refractivity contribution in [1.29, 1.82) is 0 Å². The maximum Gasteiger partial charge on any atom is 0.221 e. The highest BCUT2D eigenvalue weighted by Crippen LogP contribution is 2.09. The molecule has 0 aliphatic rings. The van der Waals surface area contributed by atoms with Crippen molar-refractivity contribution in [1.82, 2.24) is 5.32 Å². The number of unbranched alkanes of at least 4 members (excludes halogenated alkanes) is 1. The number of Topliss-reactive ketones (excluding diaryl/α,β-unsaturated/α-hetero) is 1. The Kier molecular flexibility index (Phi) is 21.5. The molecule has 0 atom stereocenters. The van der Waals surface area contributed by atoms with Crippen LogP contribution in [0.1, 0.15) is 72.6 Å². The smallest absolute Gasteiger partial charge is 0.221 e. The van der Waals surface area contributed by atoms with E-state index in [4.69, 9.17) is 18.9 Å². The van der Waals surface area contributed by atoms with Crippen LogP contribution in [0.4, 0.5) is 0 Å². The van der Waals surface area contributed by atoms with Gasteiger partial charge < -0.3 is 24.3 Å². The van der Waals surface area contributed by atoms with Crippen molar-refractivity contribution in [3.05, 3.63) is 0 Å². The predicted octanol–water partition coefficient (Wildman–Crippen LogP) is 2.95. The first-order chi connectivity index (χ1) is 16.6. The Labute approximate surface area is 212 Å². The van der Waals surface area contributed by atoms with E-state index in [1.54, 1.807) is 13.8 Å². The normalized spacial score (nSPS) is 11.9. The van der Waals surface area contributed by atoms with Crippen molar-refractivity contribution in [3.8, 4) is 0 Å². The molecular weight excluding hydrogens is 474 g/mol. The van der Waals surface area contributed by atoms with E-state index < -0.39 is 15.1 Å². The Morgan fingerprint density at radius 2 is 1.20 bits per heavy atom. The molecule has 0 unspecified atom stereocenters. The van der Waals surface area contributed by atoms with Crippen molar-refractivity contribution >= 4 is 21.5 Å². The summed E-state index contributed by atoms with van der Waals surface area (Å²) in [4.78, 5) is 23.4. The van der Waals surface area contributed by atoms with Gasteiger partial charge in [-0.15, -0.1) is 0 Å². The van der Waals surface area contributed by atoms with Gasteiger partial charge >= 0.3 is 0 Å². The Morgan fingerprint density at radius 1 is 0.686 bits per heavy atom. The lowest BCUT2D eigenvalue weighted by atomic mass is 10.0. The molecule has 0 aromatic carbocycles. The Balaban J connectivity index is 3.31. The summed E-state index contributed by atoms with van der Waals surface area (Å²) >= 11 is 0. The third-order valence-electron chi connectivity index (χ3n) is 5.25. The number of sulfone groups is 1. The zero-order chi connectivity index (χ0) is 26.4. The van der Waals surface area contributed by atoms with E-state index in [-0.39, 0.29) is 18.1 Å². The molecule has 9 nitrogen and oxygen atoms in total. The molecule has 0 fully saturated rings. The van der Waals surface area contributed by atoms with Crippen LogP contribution in [0.25, 0.3) is 0 Å². The molecule has 0 bridgehead atoms. The highest BCUT2D eigenvalue weighted by molar-refractivity contribution is 7.91. The molecule has 208 valence electrons. The molecule has 0 saturated carbocycles. The zero-order valence-corrected chi connectivity index (χ0v) is 23.2. The van der Waals surface area contributed by atoms with Gasteiger partial charge in [0.05, 0.1) is 57.3 Å². The number of rotatable bonds is 25. The van der Waals surface area contributed by atoms with Gasteiger partial charge in [0.2, 0.25) is 5.91 Å². The number of nitrogens with one attached hydrogen (secondary N) is 1. The minimum Gasteiger partial charge on any atom is -0.379 e. The van der Waals surface area contributed by atoms with E-state index in [9.17, 15) is 18.0 Å². The topological polar surface area (TPSA) is 117 Å². The van der Waals surface area contributed by atoms with Crippen molar-refractivity contribution < 1.29 is 37.0 Å². The molecule has 0 aliphatic carbocycles. The lowest BCUT2D eigenvalue weighted by Crippen LogP contribution is -2.30. The number of carbonyl (C=O) groups excluding carboxylic acids is 2. The molecule has 1 amide bonds. The number of ketones is 1. The molecule has 0 heterocycles. The van der Waals surface area contributed by atoms with Crippen LogP contribution in [-0.4, -0.2) is 90.5 Å². The zero-order valence-electron chi connectivity index (χ0n) is 22.3. The number of ether oxygens (including phenoxy) is 4. The molecule has 0 aromatic rings. The summed E-state index contributed by atoms with van der Waals surface area (Å²) < 4.78 is 45.0. The second-order valence-corrected chi connectivity index (χ2v) is 11.9. The third kappa shape index (κ3) is 23.1. The van der Waals surface area contributed by atoms with E-state index in [1.165, 1.54) is 6.42 Å². The molecular formula is C25H49NO8S. The van der Waals surface area contributed by atoms with E-state index in [2.05, 4.69) is 19.2 Å². The van der Waals surface area contributed by atoms with E-state index in [1.807, 2.05) is 0 Å². The average Bonchev–Trinajstić information content (AvgIpc) is 2.80. The van der Waals surface area contributed by atoms with E-state index >= 15 is 0 Å². The summed E-state index contributed by atoms with van der Waals surface area (Å²) in [5.74, 6) is 0.598. The van der Waals surface area contributed by atoms with Gasteiger partial charge in [-0.05, 0) is 32.6 Å². The highest BCUT2D eigenvalue weighted by Gasteiger charge is 2.17. The summed E-state index contributed by atoms with van der Waals surface area (Å²) in [6.07, 6.45) is 5.31. The minimum atomic E-state index is -3.20. The monoisotopic (exact) mass is 523 g/mol. The second kappa shape index (κ2) is 22.2. The third-order valence-corrected chi connectivity index (χ3v) is 7.46. The number of carbonyl (C=O) groups is 2. The fraction of sp³-hybridized carbons (Fsp3) is 0.920. The summed E-state index contributed by atoms with van der Waals surface area (Å²) in [6.45, 7) is 11.6. The van der Waals surface area contributed by atoms with Crippen LogP contribution in [0.5, 0.6) is 0 Å². The fourth-order valence-corrected chi connectivity index (χ4v) is 3.90. The van der Waals surface area contributed by atoms with Crippen LogP contribution in [0, 0.1) is 5.92 Å². The van der Waals surface area contributed by atoms with Gasteiger partial charge in [0.1, 0.15) is 5.78 Å².